The van der Waals surface area contributed by atoms with Gasteiger partial charge in [0.2, 0.25) is 0 Å². The van der Waals surface area contributed by atoms with Gasteiger partial charge >= 0.3 is 0 Å². The van der Waals surface area contributed by atoms with Crippen LogP contribution in [0.15, 0.2) is 6.20 Å². The highest BCUT2D eigenvalue weighted by atomic mass is 15.2. The van der Waals surface area contributed by atoms with E-state index in [0.29, 0.717) is 12.5 Å². The summed E-state index contributed by atoms with van der Waals surface area (Å²) in [5, 5.41) is 0. The van der Waals surface area contributed by atoms with E-state index in [2.05, 4.69) is 35.6 Å². The molecule has 2 heterocycles. The normalized spacial score (nSPS) is 19.8. The van der Waals surface area contributed by atoms with Crippen molar-refractivity contribution >= 4 is 5.69 Å². The van der Waals surface area contributed by atoms with E-state index in [-0.39, 0.29) is 0 Å². The SMILES string of the molecule is CCC1CCN(c2cnc(C(C)C)nc2CN)C1. The summed E-state index contributed by atoms with van der Waals surface area (Å²) < 4.78 is 0. The van der Waals surface area contributed by atoms with Crippen molar-refractivity contribution in [2.24, 2.45) is 11.7 Å². The maximum Gasteiger partial charge on any atom is 0.131 e. The Hall–Kier alpha value is -1.16. The largest absolute Gasteiger partial charge is 0.368 e. The lowest BCUT2D eigenvalue weighted by atomic mass is 10.1. The molecule has 2 N–H and O–H groups in total. The van der Waals surface area contributed by atoms with Crippen molar-refractivity contribution in [3.05, 3.63) is 17.7 Å². The number of aromatic nitrogens is 2. The van der Waals surface area contributed by atoms with Crippen molar-refractivity contribution in [3.63, 3.8) is 0 Å². The third-order valence-corrected chi connectivity index (χ3v) is 3.78. The van der Waals surface area contributed by atoms with Gasteiger partial charge in [-0.2, -0.15) is 0 Å². The zero-order valence-corrected chi connectivity index (χ0v) is 11.7. The van der Waals surface area contributed by atoms with E-state index < -0.39 is 0 Å². The Morgan fingerprint density at radius 3 is 2.83 bits per heavy atom. The average Bonchev–Trinajstić information content (AvgIpc) is 2.86. The molecule has 1 aliphatic heterocycles. The lowest BCUT2D eigenvalue weighted by Crippen LogP contribution is -2.23. The summed E-state index contributed by atoms with van der Waals surface area (Å²) in [6.07, 6.45) is 4.48. The Balaban J connectivity index is 2.23. The van der Waals surface area contributed by atoms with Crippen LogP contribution in [-0.2, 0) is 6.54 Å². The average molecular weight is 248 g/mol. The molecule has 1 aromatic heterocycles. The first-order valence-electron chi connectivity index (χ1n) is 6.96. The highest BCUT2D eigenvalue weighted by Crippen LogP contribution is 2.27. The standard InChI is InChI=1S/C14H24N4/c1-4-11-5-6-18(9-11)13-8-16-14(10(2)3)17-12(13)7-15/h8,10-11H,4-7,9,15H2,1-3H3. The number of hydrogen-bond donors (Lipinski definition) is 1. The molecule has 0 radical (unpaired) electrons. The summed E-state index contributed by atoms with van der Waals surface area (Å²) in [5.41, 5.74) is 7.97. The van der Waals surface area contributed by atoms with Crippen LogP contribution in [0.4, 0.5) is 5.69 Å². The summed E-state index contributed by atoms with van der Waals surface area (Å²) in [6, 6.07) is 0. The molecule has 2 rings (SSSR count). The molecule has 1 atom stereocenters. The number of rotatable bonds is 4. The zero-order valence-electron chi connectivity index (χ0n) is 11.7. The summed E-state index contributed by atoms with van der Waals surface area (Å²) in [4.78, 5) is 11.5. The predicted octanol–water partition coefficient (Wildman–Crippen LogP) is 2.29. The molecule has 0 saturated carbocycles. The van der Waals surface area contributed by atoms with E-state index in [0.717, 1.165) is 36.2 Å². The molecule has 0 amide bonds. The van der Waals surface area contributed by atoms with Crippen molar-refractivity contribution in [3.8, 4) is 0 Å². The van der Waals surface area contributed by atoms with E-state index >= 15 is 0 Å². The van der Waals surface area contributed by atoms with Gasteiger partial charge in [0.15, 0.2) is 0 Å². The lowest BCUT2D eigenvalue weighted by Gasteiger charge is -2.21. The van der Waals surface area contributed by atoms with Crippen LogP contribution in [0.3, 0.4) is 0 Å². The lowest BCUT2D eigenvalue weighted by molar-refractivity contribution is 0.569. The van der Waals surface area contributed by atoms with Crippen LogP contribution in [0.2, 0.25) is 0 Å². The highest BCUT2D eigenvalue weighted by molar-refractivity contribution is 5.50. The monoisotopic (exact) mass is 248 g/mol. The maximum absolute atomic E-state index is 5.84. The molecule has 1 saturated heterocycles. The summed E-state index contributed by atoms with van der Waals surface area (Å²) in [5.74, 6) is 2.05. The molecule has 4 heteroatoms. The van der Waals surface area contributed by atoms with Gasteiger partial charge in [-0.05, 0) is 12.3 Å². The molecule has 1 unspecified atom stereocenters. The molecule has 0 bridgehead atoms. The summed E-state index contributed by atoms with van der Waals surface area (Å²) in [6.45, 7) is 9.20. The Kier molecular flexibility index (Phi) is 4.17. The number of hydrogen-bond acceptors (Lipinski definition) is 4. The molecule has 0 aromatic carbocycles. The van der Waals surface area contributed by atoms with Crippen LogP contribution in [0.1, 0.15) is 51.0 Å². The minimum absolute atomic E-state index is 0.353. The molecule has 4 nitrogen and oxygen atoms in total. The second kappa shape index (κ2) is 5.65. The summed E-state index contributed by atoms with van der Waals surface area (Å²) >= 11 is 0. The Morgan fingerprint density at radius 1 is 1.50 bits per heavy atom. The van der Waals surface area contributed by atoms with Crippen LogP contribution in [0.5, 0.6) is 0 Å². The first-order valence-corrected chi connectivity index (χ1v) is 6.96. The summed E-state index contributed by atoms with van der Waals surface area (Å²) in [7, 11) is 0. The molecular weight excluding hydrogens is 224 g/mol. The van der Waals surface area contributed by atoms with Crippen molar-refractivity contribution in [2.45, 2.75) is 46.1 Å². The van der Waals surface area contributed by atoms with Crippen LogP contribution >= 0.6 is 0 Å². The fourth-order valence-corrected chi connectivity index (χ4v) is 2.50. The highest BCUT2D eigenvalue weighted by Gasteiger charge is 2.23. The van der Waals surface area contributed by atoms with E-state index in [9.17, 15) is 0 Å². The van der Waals surface area contributed by atoms with Crippen molar-refractivity contribution in [2.75, 3.05) is 18.0 Å². The minimum Gasteiger partial charge on any atom is -0.368 e. The van der Waals surface area contributed by atoms with Gasteiger partial charge in [0.25, 0.3) is 0 Å². The van der Waals surface area contributed by atoms with E-state index in [1.807, 2.05) is 6.20 Å². The maximum atomic E-state index is 5.84. The quantitative estimate of drug-likeness (QED) is 0.888. The smallest absolute Gasteiger partial charge is 0.131 e. The second-order valence-electron chi connectivity index (χ2n) is 5.43. The van der Waals surface area contributed by atoms with Crippen molar-refractivity contribution in [1.29, 1.82) is 0 Å². The molecule has 1 aromatic rings. The Bertz CT molecular complexity index is 403. The fourth-order valence-electron chi connectivity index (χ4n) is 2.50. The van der Waals surface area contributed by atoms with Crippen LogP contribution in [0.25, 0.3) is 0 Å². The number of nitrogens with two attached hydrogens (primary N) is 1. The second-order valence-corrected chi connectivity index (χ2v) is 5.43. The first-order chi connectivity index (χ1) is 8.65. The Morgan fingerprint density at radius 2 is 2.28 bits per heavy atom. The van der Waals surface area contributed by atoms with E-state index in [1.54, 1.807) is 0 Å². The third kappa shape index (κ3) is 2.64. The first kappa shape index (κ1) is 13.3. The number of anilines is 1. The Labute approximate surface area is 110 Å². The zero-order chi connectivity index (χ0) is 13.1. The van der Waals surface area contributed by atoms with Crippen molar-refractivity contribution in [1.82, 2.24) is 9.97 Å². The van der Waals surface area contributed by atoms with Gasteiger partial charge < -0.3 is 10.6 Å². The molecule has 0 aliphatic carbocycles. The molecule has 100 valence electrons. The fraction of sp³-hybridized carbons (Fsp3) is 0.714. The van der Waals surface area contributed by atoms with Crippen LogP contribution in [-0.4, -0.2) is 23.1 Å². The molecule has 1 aliphatic rings. The van der Waals surface area contributed by atoms with Gasteiger partial charge in [0.05, 0.1) is 17.6 Å². The molecule has 0 spiro atoms. The van der Waals surface area contributed by atoms with Gasteiger partial charge in [-0.1, -0.05) is 27.2 Å². The third-order valence-electron chi connectivity index (χ3n) is 3.78. The van der Waals surface area contributed by atoms with E-state index in [4.69, 9.17) is 5.73 Å². The van der Waals surface area contributed by atoms with Gasteiger partial charge in [-0.15, -0.1) is 0 Å². The number of nitrogens with zero attached hydrogens (tertiary/aromatic N) is 3. The van der Waals surface area contributed by atoms with Gasteiger partial charge in [0.1, 0.15) is 5.82 Å². The topological polar surface area (TPSA) is 55.0 Å². The minimum atomic E-state index is 0.353. The predicted molar refractivity (Wildman–Crippen MR) is 74.6 cm³/mol. The van der Waals surface area contributed by atoms with Crippen LogP contribution < -0.4 is 10.6 Å². The molecular formula is C14H24N4. The van der Waals surface area contributed by atoms with E-state index in [1.165, 1.54) is 12.8 Å². The van der Waals surface area contributed by atoms with Crippen LogP contribution in [0, 0.1) is 5.92 Å². The molecule has 18 heavy (non-hydrogen) atoms. The van der Waals surface area contributed by atoms with Crippen molar-refractivity contribution < 1.29 is 0 Å². The van der Waals surface area contributed by atoms with Gasteiger partial charge in [-0.25, -0.2) is 9.97 Å². The molecule has 1 fully saturated rings. The van der Waals surface area contributed by atoms with Gasteiger partial charge in [-0.3, -0.25) is 0 Å². The van der Waals surface area contributed by atoms with Gasteiger partial charge in [0, 0.05) is 25.6 Å².